The highest BCUT2D eigenvalue weighted by Crippen LogP contribution is 2.40. The van der Waals surface area contributed by atoms with E-state index in [0.29, 0.717) is 38.6 Å². The Kier molecular flexibility index (Phi) is 6.09. The van der Waals surface area contributed by atoms with Gasteiger partial charge in [0, 0.05) is 56.4 Å². The molecule has 7 heteroatoms. The molecule has 0 radical (unpaired) electrons. The first-order valence-electron chi connectivity index (χ1n) is 11.9. The van der Waals surface area contributed by atoms with Gasteiger partial charge in [0.25, 0.3) is 0 Å². The molecule has 1 saturated carbocycles. The minimum Gasteiger partial charge on any atom is -0.381 e. The molecule has 1 aromatic carbocycles. The van der Waals surface area contributed by atoms with E-state index in [1.807, 2.05) is 17.0 Å². The highest BCUT2D eigenvalue weighted by molar-refractivity contribution is 5.79. The van der Waals surface area contributed by atoms with Crippen LogP contribution < -0.4 is 4.90 Å². The number of ether oxygens (including phenoxy) is 1. The topological polar surface area (TPSA) is 58.6 Å². The number of nitrogens with zero attached hydrogens (tertiary/aromatic N) is 4. The normalized spacial score (nSPS) is 21.2. The molecule has 0 unspecified atom stereocenters. The Morgan fingerprint density at radius 1 is 1.09 bits per heavy atom. The van der Waals surface area contributed by atoms with E-state index in [-0.39, 0.29) is 17.6 Å². The van der Waals surface area contributed by atoms with Crippen molar-refractivity contribution in [3.8, 4) is 0 Å². The molecule has 1 aliphatic carbocycles. The van der Waals surface area contributed by atoms with Crippen LogP contribution in [0, 0.1) is 11.7 Å². The van der Waals surface area contributed by atoms with Crippen molar-refractivity contribution in [2.24, 2.45) is 5.92 Å². The second-order valence-electron chi connectivity index (χ2n) is 9.13. The Labute approximate surface area is 188 Å². The first-order chi connectivity index (χ1) is 15.6. The maximum Gasteiger partial charge on any atom is 0.228 e. The van der Waals surface area contributed by atoms with Gasteiger partial charge >= 0.3 is 0 Å². The molecule has 1 amide bonds. The summed E-state index contributed by atoms with van der Waals surface area (Å²) in [5.74, 6) is 2.45. The Morgan fingerprint density at radius 3 is 2.47 bits per heavy atom. The SMILES string of the molecule is CCc1nc(C2CC2)nc(N2CCN(C(=O)[C@H]3CCOC3)CC2)c1Cc1ccc(F)cc1. The van der Waals surface area contributed by atoms with Gasteiger partial charge in [0.05, 0.1) is 12.5 Å². The van der Waals surface area contributed by atoms with Crippen molar-refractivity contribution in [2.45, 2.75) is 44.9 Å². The van der Waals surface area contributed by atoms with Crippen LogP contribution in [0.1, 0.15) is 54.7 Å². The second kappa shape index (κ2) is 9.14. The predicted molar refractivity (Wildman–Crippen MR) is 120 cm³/mol. The number of halogens is 1. The van der Waals surface area contributed by atoms with Gasteiger partial charge < -0.3 is 14.5 Å². The van der Waals surface area contributed by atoms with Gasteiger partial charge in [0.2, 0.25) is 5.91 Å². The van der Waals surface area contributed by atoms with E-state index in [9.17, 15) is 9.18 Å². The predicted octanol–water partition coefficient (Wildman–Crippen LogP) is 3.33. The molecule has 6 nitrogen and oxygen atoms in total. The molecule has 5 rings (SSSR count). The van der Waals surface area contributed by atoms with Gasteiger partial charge in [0.15, 0.2) is 0 Å². The van der Waals surface area contributed by atoms with Crippen molar-refractivity contribution in [1.82, 2.24) is 14.9 Å². The zero-order valence-electron chi connectivity index (χ0n) is 18.7. The summed E-state index contributed by atoms with van der Waals surface area (Å²) >= 11 is 0. The quantitative estimate of drug-likeness (QED) is 0.693. The van der Waals surface area contributed by atoms with E-state index < -0.39 is 0 Å². The van der Waals surface area contributed by atoms with Gasteiger partial charge in [-0.05, 0) is 43.4 Å². The maximum absolute atomic E-state index is 13.4. The van der Waals surface area contributed by atoms with Crippen LogP contribution in [0.3, 0.4) is 0 Å². The Morgan fingerprint density at radius 2 is 1.84 bits per heavy atom. The second-order valence-corrected chi connectivity index (χ2v) is 9.13. The molecule has 0 bridgehead atoms. The monoisotopic (exact) mass is 438 g/mol. The van der Waals surface area contributed by atoms with Crippen LogP contribution in [0.4, 0.5) is 10.2 Å². The van der Waals surface area contributed by atoms with Crippen LogP contribution >= 0.6 is 0 Å². The third-order valence-electron chi connectivity index (χ3n) is 6.83. The van der Waals surface area contributed by atoms with E-state index in [1.165, 1.54) is 12.1 Å². The summed E-state index contributed by atoms with van der Waals surface area (Å²) in [6.07, 6.45) is 4.67. The molecule has 170 valence electrons. The average molecular weight is 439 g/mol. The minimum atomic E-state index is -0.224. The summed E-state index contributed by atoms with van der Waals surface area (Å²) in [7, 11) is 0. The van der Waals surface area contributed by atoms with Crippen LogP contribution in [0.15, 0.2) is 24.3 Å². The van der Waals surface area contributed by atoms with Gasteiger partial charge in [-0.1, -0.05) is 19.1 Å². The molecule has 2 aliphatic heterocycles. The Bertz CT molecular complexity index is 963. The van der Waals surface area contributed by atoms with Crippen LogP contribution in [0.25, 0.3) is 0 Å². The van der Waals surface area contributed by atoms with Crippen LogP contribution in [-0.2, 0) is 22.4 Å². The lowest BCUT2D eigenvalue weighted by atomic mass is 10.0. The number of aromatic nitrogens is 2. The molecule has 0 N–H and O–H groups in total. The fourth-order valence-corrected chi connectivity index (χ4v) is 4.73. The Balaban J connectivity index is 1.39. The summed E-state index contributed by atoms with van der Waals surface area (Å²) in [6.45, 7) is 6.31. The maximum atomic E-state index is 13.4. The molecule has 2 aromatic rings. The van der Waals surface area contributed by atoms with Crippen LogP contribution in [-0.4, -0.2) is 60.2 Å². The van der Waals surface area contributed by atoms with Crippen molar-refractivity contribution < 1.29 is 13.9 Å². The number of aryl methyl sites for hydroxylation is 1. The number of anilines is 1. The number of carbonyl (C=O) groups is 1. The van der Waals surface area contributed by atoms with Crippen molar-refractivity contribution in [2.75, 3.05) is 44.3 Å². The van der Waals surface area contributed by atoms with Gasteiger partial charge in [-0.25, -0.2) is 14.4 Å². The van der Waals surface area contributed by atoms with Crippen molar-refractivity contribution >= 4 is 11.7 Å². The third-order valence-corrected chi connectivity index (χ3v) is 6.83. The fourth-order valence-electron chi connectivity index (χ4n) is 4.73. The number of hydrogen-bond acceptors (Lipinski definition) is 5. The summed E-state index contributed by atoms with van der Waals surface area (Å²) in [6, 6.07) is 6.70. The third kappa shape index (κ3) is 4.49. The molecular weight excluding hydrogens is 407 g/mol. The van der Waals surface area contributed by atoms with Crippen LogP contribution in [0.2, 0.25) is 0 Å². The van der Waals surface area contributed by atoms with Crippen molar-refractivity contribution in [3.05, 3.63) is 52.7 Å². The largest absolute Gasteiger partial charge is 0.381 e. The van der Waals surface area contributed by atoms with Gasteiger partial charge in [-0.3, -0.25) is 4.79 Å². The van der Waals surface area contributed by atoms with E-state index in [4.69, 9.17) is 14.7 Å². The summed E-state index contributed by atoms with van der Waals surface area (Å²) in [5, 5.41) is 0. The molecule has 3 fully saturated rings. The standard InChI is InChI=1S/C25H31FN4O2/c1-2-22-21(15-17-3-7-20(26)8-4-17)24(28-23(27-22)18-5-6-18)29-10-12-30(13-11-29)25(31)19-9-14-32-16-19/h3-4,7-8,18-19H,2,5-6,9-16H2,1H3/t19-/m0/s1. The number of piperazine rings is 1. The first kappa shape index (κ1) is 21.3. The molecule has 1 aromatic heterocycles. The summed E-state index contributed by atoms with van der Waals surface area (Å²) < 4.78 is 18.8. The lowest BCUT2D eigenvalue weighted by Gasteiger charge is -2.37. The van der Waals surface area contributed by atoms with E-state index in [2.05, 4.69) is 11.8 Å². The summed E-state index contributed by atoms with van der Waals surface area (Å²) in [5.41, 5.74) is 3.27. The molecule has 2 saturated heterocycles. The molecule has 32 heavy (non-hydrogen) atoms. The molecule has 3 heterocycles. The molecule has 0 spiro atoms. The lowest BCUT2D eigenvalue weighted by molar-refractivity contribution is -0.135. The first-order valence-corrected chi connectivity index (χ1v) is 11.9. The highest BCUT2D eigenvalue weighted by Gasteiger charge is 2.33. The van der Waals surface area contributed by atoms with Crippen molar-refractivity contribution in [1.29, 1.82) is 0 Å². The number of carbonyl (C=O) groups excluding carboxylic acids is 1. The zero-order chi connectivity index (χ0) is 22.1. The average Bonchev–Trinajstić information content (AvgIpc) is 3.54. The van der Waals surface area contributed by atoms with Crippen LogP contribution in [0.5, 0.6) is 0 Å². The van der Waals surface area contributed by atoms with E-state index in [1.54, 1.807) is 0 Å². The van der Waals surface area contributed by atoms with E-state index in [0.717, 1.165) is 67.2 Å². The number of hydrogen-bond donors (Lipinski definition) is 0. The number of rotatable bonds is 6. The molecule has 3 aliphatic rings. The lowest BCUT2D eigenvalue weighted by Crippen LogP contribution is -2.51. The van der Waals surface area contributed by atoms with E-state index >= 15 is 0 Å². The smallest absolute Gasteiger partial charge is 0.228 e. The zero-order valence-corrected chi connectivity index (χ0v) is 18.7. The fraction of sp³-hybridized carbons (Fsp3) is 0.560. The van der Waals surface area contributed by atoms with Gasteiger partial charge in [0.1, 0.15) is 17.5 Å². The molecular formula is C25H31FN4O2. The van der Waals surface area contributed by atoms with Gasteiger partial charge in [-0.2, -0.15) is 0 Å². The number of benzene rings is 1. The molecule has 1 atom stereocenters. The highest BCUT2D eigenvalue weighted by atomic mass is 19.1. The Hall–Kier alpha value is -2.54. The summed E-state index contributed by atoms with van der Waals surface area (Å²) in [4.78, 5) is 27.1. The van der Waals surface area contributed by atoms with Gasteiger partial charge in [-0.15, -0.1) is 0 Å². The number of amides is 1. The van der Waals surface area contributed by atoms with Crippen molar-refractivity contribution in [3.63, 3.8) is 0 Å². The minimum absolute atomic E-state index is 0.0165.